The van der Waals surface area contributed by atoms with E-state index in [-0.39, 0.29) is 5.91 Å². The van der Waals surface area contributed by atoms with Crippen molar-refractivity contribution in [3.8, 4) is 0 Å². The van der Waals surface area contributed by atoms with Gasteiger partial charge in [-0.05, 0) is 55.5 Å². The summed E-state index contributed by atoms with van der Waals surface area (Å²) in [4.78, 5) is 14.5. The largest absolute Gasteiger partial charge is 0.325 e. The molecule has 1 aromatic rings. The van der Waals surface area contributed by atoms with Crippen LogP contribution in [-0.2, 0) is 17.9 Å². The van der Waals surface area contributed by atoms with E-state index in [1.54, 1.807) is 0 Å². The highest BCUT2D eigenvalue weighted by Crippen LogP contribution is 2.29. The van der Waals surface area contributed by atoms with Gasteiger partial charge in [-0.25, -0.2) is 0 Å². The van der Waals surface area contributed by atoms with Gasteiger partial charge in [0.05, 0.1) is 6.54 Å². The van der Waals surface area contributed by atoms with E-state index in [4.69, 9.17) is 0 Å². The number of carbonyl (C=O) groups excluding carboxylic acids is 1. The molecule has 4 heteroatoms. The summed E-state index contributed by atoms with van der Waals surface area (Å²) < 4.78 is 0. The highest BCUT2D eigenvalue weighted by molar-refractivity contribution is 5.93. The van der Waals surface area contributed by atoms with Crippen molar-refractivity contribution in [2.24, 2.45) is 5.92 Å². The molecule has 1 aromatic carbocycles. The predicted octanol–water partition coefficient (Wildman–Crippen LogP) is 2.35. The summed E-state index contributed by atoms with van der Waals surface area (Å²) in [6.45, 7) is 6.67. The Labute approximate surface area is 126 Å². The second kappa shape index (κ2) is 6.58. The average molecular weight is 287 g/mol. The zero-order valence-electron chi connectivity index (χ0n) is 12.8. The first-order chi connectivity index (χ1) is 10.3. The smallest absolute Gasteiger partial charge is 0.238 e. The molecule has 4 nitrogen and oxygen atoms in total. The van der Waals surface area contributed by atoms with Gasteiger partial charge in [0.25, 0.3) is 0 Å². The van der Waals surface area contributed by atoms with E-state index in [9.17, 15) is 4.79 Å². The number of fused-ring (bicyclic) bond motifs is 1. The van der Waals surface area contributed by atoms with E-state index < -0.39 is 0 Å². The third-order valence-electron chi connectivity index (χ3n) is 4.28. The van der Waals surface area contributed by atoms with Crippen molar-refractivity contribution in [3.63, 3.8) is 0 Å². The zero-order chi connectivity index (χ0) is 14.7. The summed E-state index contributed by atoms with van der Waals surface area (Å²) >= 11 is 0. The van der Waals surface area contributed by atoms with Crippen molar-refractivity contribution in [1.82, 2.24) is 10.2 Å². The molecule has 2 N–H and O–H groups in total. The fraction of sp³-hybridized carbons (Fsp3) is 0.588. The van der Waals surface area contributed by atoms with E-state index in [0.29, 0.717) is 6.54 Å². The molecular weight excluding hydrogens is 262 g/mol. The van der Waals surface area contributed by atoms with Gasteiger partial charge in [0.15, 0.2) is 0 Å². The molecule has 2 aliphatic rings. The monoisotopic (exact) mass is 287 g/mol. The Morgan fingerprint density at radius 2 is 2.19 bits per heavy atom. The van der Waals surface area contributed by atoms with Crippen LogP contribution in [0.2, 0.25) is 0 Å². The van der Waals surface area contributed by atoms with Crippen LogP contribution in [0.5, 0.6) is 0 Å². The van der Waals surface area contributed by atoms with Crippen LogP contribution in [0.4, 0.5) is 5.69 Å². The Kier molecular flexibility index (Phi) is 4.56. The van der Waals surface area contributed by atoms with Gasteiger partial charge in [-0.1, -0.05) is 19.1 Å². The maximum atomic E-state index is 12.0. The van der Waals surface area contributed by atoms with E-state index in [2.05, 4.69) is 28.5 Å². The number of nitrogens with zero attached hydrogens (tertiary/aromatic N) is 1. The van der Waals surface area contributed by atoms with Gasteiger partial charge in [0.1, 0.15) is 0 Å². The summed E-state index contributed by atoms with van der Waals surface area (Å²) in [6, 6.07) is 6.24. The molecule has 0 aromatic heterocycles. The fourth-order valence-electron chi connectivity index (χ4n) is 2.99. The zero-order valence-corrected chi connectivity index (χ0v) is 12.8. The Hall–Kier alpha value is -1.39. The van der Waals surface area contributed by atoms with Gasteiger partial charge < -0.3 is 10.6 Å². The van der Waals surface area contributed by atoms with Crippen molar-refractivity contribution < 1.29 is 4.79 Å². The molecular formula is C17H25N3O. The number of anilines is 1. The molecule has 1 aliphatic heterocycles. The van der Waals surface area contributed by atoms with Crippen molar-refractivity contribution in [2.75, 3.05) is 25.0 Å². The molecule has 1 fully saturated rings. The number of hydrogen-bond acceptors (Lipinski definition) is 3. The van der Waals surface area contributed by atoms with Crippen molar-refractivity contribution >= 4 is 11.6 Å². The third kappa shape index (κ3) is 3.83. The first-order valence-corrected chi connectivity index (χ1v) is 8.10. The lowest BCUT2D eigenvalue weighted by molar-refractivity contribution is -0.115. The average Bonchev–Trinajstić information content (AvgIpc) is 3.18. The third-order valence-corrected chi connectivity index (χ3v) is 4.28. The van der Waals surface area contributed by atoms with Crippen molar-refractivity contribution in [2.45, 2.75) is 39.3 Å². The lowest BCUT2D eigenvalue weighted by Gasteiger charge is -2.13. The fourth-order valence-corrected chi connectivity index (χ4v) is 2.99. The lowest BCUT2D eigenvalue weighted by atomic mass is 10.1. The summed E-state index contributed by atoms with van der Waals surface area (Å²) in [5, 5.41) is 6.31. The Morgan fingerprint density at radius 1 is 1.33 bits per heavy atom. The molecule has 0 radical (unpaired) electrons. The molecule has 3 rings (SSSR count). The van der Waals surface area contributed by atoms with Crippen molar-refractivity contribution in [1.29, 1.82) is 0 Å². The van der Waals surface area contributed by atoms with Gasteiger partial charge in [0.2, 0.25) is 5.91 Å². The minimum atomic E-state index is 0.0676. The Bertz CT molecular complexity index is 511. The standard InChI is InChI=1S/C17H25N3O/c1-2-8-20-11-14-4-3-5-16(15(14)12-20)19-17(21)10-18-9-13-6-7-13/h3-5,13,18H,2,6-12H2,1H3,(H,19,21). The first kappa shape index (κ1) is 14.5. The quantitative estimate of drug-likeness (QED) is 0.809. The van der Waals surface area contributed by atoms with Crippen molar-refractivity contribution in [3.05, 3.63) is 29.3 Å². The number of amides is 1. The van der Waals surface area contributed by atoms with Crippen LogP contribution < -0.4 is 10.6 Å². The Morgan fingerprint density at radius 3 is 2.95 bits per heavy atom. The number of nitrogens with one attached hydrogen (secondary N) is 2. The summed E-state index contributed by atoms with van der Waals surface area (Å²) in [7, 11) is 0. The normalized spacial score (nSPS) is 17.8. The lowest BCUT2D eigenvalue weighted by Crippen LogP contribution is -2.29. The minimum absolute atomic E-state index is 0.0676. The molecule has 21 heavy (non-hydrogen) atoms. The summed E-state index contributed by atoms with van der Waals surface area (Å²) in [5.74, 6) is 0.874. The first-order valence-electron chi connectivity index (χ1n) is 8.10. The maximum absolute atomic E-state index is 12.0. The number of benzene rings is 1. The highest BCUT2D eigenvalue weighted by atomic mass is 16.1. The Balaban J connectivity index is 1.56. The maximum Gasteiger partial charge on any atom is 0.238 e. The van der Waals surface area contributed by atoms with Crippen LogP contribution in [0.3, 0.4) is 0 Å². The minimum Gasteiger partial charge on any atom is -0.325 e. The summed E-state index contributed by atoms with van der Waals surface area (Å²) in [5.41, 5.74) is 3.64. The van der Waals surface area contributed by atoms with Gasteiger partial charge in [-0.3, -0.25) is 9.69 Å². The van der Waals surface area contributed by atoms with Gasteiger partial charge in [0, 0.05) is 18.8 Å². The highest BCUT2D eigenvalue weighted by Gasteiger charge is 2.22. The van der Waals surface area contributed by atoms with Gasteiger partial charge >= 0.3 is 0 Å². The molecule has 0 saturated heterocycles. The van der Waals surface area contributed by atoms with E-state index in [1.807, 2.05) is 12.1 Å². The van der Waals surface area contributed by atoms with E-state index in [1.165, 1.54) is 30.4 Å². The molecule has 0 atom stereocenters. The van der Waals surface area contributed by atoms with Gasteiger partial charge in [-0.15, -0.1) is 0 Å². The summed E-state index contributed by atoms with van der Waals surface area (Å²) in [6.07, 6.45) is 3.79. The van der Waals surface area contributed by atoms with Crippen LogP contribution in [0, 0.1) is 5.92 Å². The number of carbonyl (C=O) groups is 1. The van der Waals surface area contributed by atoms with Crippen LogP contribution in [0.15, 0.2) is 18.2 Å². The van der Waals surface area contributed by atoms with Crippen LogP contribution in [0.25, 0.3) is 0 Å². The molecule has 0 unspecified atom stereocenters. The second-order valence-corrected chi connectivity index (χ2v) is 6.28. The van der Waals surface area contributed by atoms with Crippen LogP contribution in [-0.4, -0.2) is 30.4 Å². The predicted molar refractivity (Wildman–Crippen MR) is 85.1 cm³/mol. The second-order valence-electron chi connectivity index (χ2n) is 6.28. The SMILES string of the molecule is CCCN1Cc2cccc(NC(=O)CNCC3CC3)c2C1. The molecule has 1 saturated carbocycles. The molecule has 1 amide bonds. The van der Waals surface area contributed by atoms with E-state index >= 15 is 0 Å². The molecule has 1 heterocycles. The molecule has 1 aliphatic carbocycles. The van der Waals surface area contributed by atoms with Crippen LogP contribution in [0.1, 0.15) is 37.3 Å². The number of rotatable bonds is 7. The molecule has 0 spiro atoms. The van der Waals surface area contributed by atoms with Gasteiger partial charge in [-0.2, -0.15) is 0 Å². The van der Waals surface area contributed by atoms with Crippen LogP contribution >= 0.6 is 0 Å². The topological polar surface area (TPSA) is 44.4 Å². The van der Waals surface area contributed by atoms with E-state index in [0.717, 1.165) is 37.8 Å². The molecule has 0 bridgehead atoms. The molecule has 114 valence electrons. The number of hydrogen-bond donors (Lipinski definition) is 2.